The van der Waals surface area contributed by atoms with Crippen LogP contribution in [0.4, 0.5) is 5.69 Å². The molecule has 0 radical (unpaired) electrons. The summed E-state index contributed by atoms with van der Waals surface area (Å²) in [7, 11) is 0. The van der Waals surface area contributed by atoms with Gasteiger partial charge in [0.2, 0.25) is 0 Å². The Morgan fingerprint density at radius 2 is 2.15 bits per heavy atom. The Morgan fingerprint density at radius 1 is 1.23 bits per heavy atom. The Bertz CT molecular complexity index is 355. The normalized spacial score (nSPS) is 15.0. The van der Waals surface area contributed by atoms with Crippen LogP contribution in [0, 0.1) is 0 Å². The highest BCUT2D eigenvalue weighted by Crippen LogP contribution is 2.20. The van der Waals surface area contributed by atoms with Crippen molar-refractivity contribution in [3.63, 3.8) is 0 Å². The van der Waals surface area contributed by atoms with Crippen LogP contribution >= 0.6 is 15.9 Å². The van der Waals surface area contributed by atoms with E-state index in [0.29, 0.717) is 0 Å². The van der Waals surface area contributed by atoms with E-state index in [0.717, 1.165) is 11.0 Å². The van der Waals surface area contributed by atoms with E-state index in [4.69, 9.17) is 0 Å². The van der Waals surface area contributed by atoms with Crippen molar-refractivity contribution >= 4 is 21.6 Å². The van der Waals surface area contributed by atoms with E-state index in [2.05, 4.69) is 51.3 Å². The van der Waals surface area contributed by atoms with Crippen LogP contribution in [0.2, 0.25) is 0 Å². The number of allylic oxidation sites excluding steroid dienone is 2. The Balaban J connectivity index is 2.25. The molecule has 0 N–H and O–H groups in total. The number of hydrogen-bond donors (Lipinski definition) is 0. The van der Waals surface area contributed by atoms with E-state index in [-0.39, 0.29) is 0 Å². The van der Waals surface area contributed by atoms with E-state index in [1.165, 1.54) is 5.69 Å². The third-order valence-electron chi connectivity index (χ3n) is 1.96. The second-order valence-corrected chi connectivity index (χ2v) is 3.82. The third-order valence-corrected chi connectivity index (χ3v) is 2.45. The van der Waals surface area contributed by atoms with Crippen LogP contribution in [-0.4, -0.2) is 6.54 Å². The van der Waals surface area contributed by atoms with Crippen LogP contribution in [0.15, 0.2) is 53.2 Å². The summed E-state index contributed by atoms with van der Waals surface area (Å²) in [5.74, 6) is 0. The lowest BCUT2D eigenvalue weighted by Crippen LogP contribution is -2.17. The summed E-state index contributed by atoms with van der Waals surface area (Å²) in [6.07, 6.45) is 8.33. The molecule has 1 aromatic carbocycles. The molecule has 2 rings (SSSR count). The van der Waals surface area contributed by atoms with Crippen molar-refractivity contribution in [3.05, 3.63) is 53.2 Å². The van der Waals surface area contributed by atoms with Crippen LogP contribution in [0.25, 0.3) is 0 Å². The molecule has 1 aliphatic heterocycles. The van der Waals surface area contributed by atoms with E-state index < -0.39 is 0 Å². The lowest BCUT2D eigenvalue weighted by Gasteiger charge is -2.20. The van der Waals surface area contributed by atoms with Gasteiger partial charge in [-0.25, -0.2) is 0 Å². The van der Waals surface area contributed by atoms with Crippen LogP contribution in [0.1, 0.15) is 0 Å². The highest BCUT2D eigenvalue weighted by atomic mass is 79.9. The van der Waals surface area contributed by atoms with Gasteiger partial charge in [-0.2, -0.15) is 0 Å². The van der Waals surface area contributed by atoms with Gasteiger partial charge in [0.25, 0.3) is 0 Å². The molecule has 0 saturated carbocycles. The number of benzene rings is 1. The zero-order chi connectivity index (χ0) is 9.10. The van der Waals surface area contributed by atoms with Crippen molar-refractivity contribution in [1.29, 1.82) is 0 Å². The van der Waals surface area contributed by atoms with Gasteiger partial charge in [0.1, 0.15) is 0 Å². The average Bonchev–Trinajstić information content (AvgIpc) is 2.19. The molecule has 1 nitrogen and oxygen atoms in total. The van der Waals surface area contributed by atoms with E-state index >= 15 is 0 Å². The van der Waals surface area contributed by atoms with Gasteiger partial charge in [0.15, 0.2) is 0 Å². The van der Waals surface area contributed by atoms with Crippen molar-refractivity contribution in [3.8, 4) is 0 Å². The van der Waals surface area contributed by atoms with E-state index in [9.17, 15) is 0 Å². The number of rotatable bonds is 1. The molecule has 0 saturated heterocycles. The maximum Gasteiger partial charge on any atom is 0.0420 e. The summed E-state index contributed by atoms with van der Waals surface area (Å²) in [6, 6.07) is 8.30. The fourth-order valence-electron chi connectivity index (χ4n) is 1.31. The van der Waals surface area contributed by atoms with Crippen molar-refractivity contribution in [2.45, 2.75) is 0 Å². The zero-order valence-corrected chi connectivity index (χ0v) is 8.74. The van der Waals surface area contributed by atoms with Gasteiger partial charge in [-0.3, -0.25) is 0 Å². The summed E-state index contributed by atoms with van der Waals surface area (Å²) >= 11 is 3.46. The highest BCUT2D eigenvalue weighted by molar-refractivity contribution is 9.10. The van der Waals surface area contributed by atoms with Crippen LogP contribution < -0.4 is 4.90 Å². The Kier molecular flexibility index (Phi) is 2.50. The first-order valence-electron chi connectivity index (χ1n) is 4.22. The Labute approximate surface area is 86.5 Å². The van der Waals surface area contributed by atoms with E-state index in [1.807, 2.05) is 18.2 Å². The van der Waals surface area contributed by atoms with Gasteiger partial charge in [-0.05, 0) is 24.3 Å². The summed E-state index contributed by atoms with van der Waals surface area (Å²) in [6.45, 7) is 0.951. The minimum Gasteiger partial charge on any atom is -0.344 e. The fraction of sp³-hybridized carbons (Fsp3) is 0.0909. The number of anilines is 1. The number of hydrogen-bond acceptors (Lipinski definition) is 1. The molecule has 1 heterocycles. The van der Waals surface area contributed by atoms with Crippen molar-refractivity contribution in [2.75, 3.05) is 11.4 Å². The maximum atomic E-state index is 3.46. The summed E-state index contributed by atoms with van der Waals surface area (Å²) in [4.78, 5) is 2.20. The van der Waals surface area contributed by atoms with Gasteiger partial charge in [-0.15, -0.1) is 0 Å². The molecular formula is C11H10BrN. The summed E-state index contributed by atoms with van der Waals surface area (Å²) < 4.78 is 1.12. The van der Waals surface area contributed by atoms with Gasteiger partial charge < -0.3 is 4.90 Å². The molecule has 66 valence electrons. The van der Waals surface area contributed by atoms with Crippen molar-refractivity contribution < 1.29 is 0 Å². The first-order chi connectivity index (χ1) is 6.36. The van der Waals surface area contributed by atoms with Crippen molar-refractivity contribution in [1.82, 2.24) is 0 Å². The predicted octanol–water partition coefficient (Wildman–Crippen LogP) is 3.34. The minimum atomic E-state index is 0.951. The molecule has 13 heavy (non-hydrogen) atoms. The molecule has 0 amide bonds. The lowest BCUT2D eigenvalue weighted by molar-refractivity contribution is 1.07. The fourth-order valence-corrected chi connectivity index (χ4v) is 1.70. The van der Waals surface area contributed by atoms with E-state index in [1.54, 1.807) is 0 Å². The minimum absolute atomic E-state index is 0.951. The third kappa shape index (κ3) is 2.01. The molecule has 0 aliphatic carbocycles. The molecule has 1 aromatic rings. The summed E-state index contributed by atoms with van der Waals surface area (Å²) in [5.41, 5.74) is 1.22. The SMILES string of the molecule is Brc1cccc(N2C=CC=CC2)c1. The molecule has 0 spiro atoms. The molecule has 0 aromatic heterocycles. The van der Waals surface area contributed by atoms with Crippen LogP contribution in [0.5, 0.6) is 0 Å². The molecule has 2 heteroatoms. The van der Waals surface area contributed by atoms with Gasteiger partial charge in [0.05, 0.1) is 0 Å². The molecular weight excluding hydrogens is 226 g/mol. The van der Waals surface area contributed by atoms with Crippen molar-refractivity contribution in [2.24, 2.45) is 0 Å². The Hall–Kier alpha value is -1.02. The predicted molar refractivity (Wildman–Crippen MR) is 59.8 cm³/mol. The van der Waals surface area contributed by atoms with Crippen LogP contribution in [-0.2, 0) is 0 Å². The molecule has 0 fully saturated rings. The molecule has 0 bridgehead atoms. The monoisotopic (exact) mass is 235 g/mol. The second kappa shape index (κ2) is 3.79. The number of nitrogens with zero attached hydrogens (tertiary/aromatic N) is 1. The summed E-state index contributed by atoms with van der Waals surface area (Å²) in [5, 5.41) is 0. The zero-order valence-electron chi connectivity index (χ0n) is 7.15. The first kappa shape index (κ1) is 8.57. The average molecular weight is 236 g/mol. The largest absolute Gasteiger partial charge is 0.344 e. The molecule has 0 atom stereocenters. The highest BCUT2D eigenvalue weighted by Gasteiger charge is 2.02. The smallest absolute Gasteiger partial charge is 0.0420 e. The number of halogens is 1. The van der Waals surface area contributed by atoms with Gasteiger partial charge in [-0.1, -0.05) is 34.1 Å². The standard InChI is InChI=1S/C11H10BrN/c12-10-5-4-6-11(9-10)13-7-2-1-3-8-13/h1-7,9H,8H2. The second-order valence-electron chi connectivity index (χ2n) is 2.90. The quantitative estimate of drug-likeness (QED) is 0.722. The lowest BCUT2D eigenvalue weighted by atomic mass is 10.2. The van der Waals surface area contributed by atoms with Gasteiger partial charge in [0, 0.05) is 22.9 Å². The van der Waals surface area contributed by atoms with Gasteiger partial charge >= 0.3 is 0 Å². The first-order valence-corrected chi connectivity index (χ1v) is 5.01. The Morgan fingerprint density at radius 3 is 2.85 bits per heavy atom. The molecule has 1 aliphatic rings. The molecule has 0 unspecified atom stereocenters. The topological polar surface area (TPSA) is 3.24 Å². The maximum absolute atomic E-state index is 3.46. The van der Waals surface area contributed by atoms with Crippen LogP contribution in [0.3, 0.4) is 0 Å².